The largest absolute Gasteiger partial charge is 0.326 e. The van der Waals surface area contributed by atoms with Crippen molar-refractivity contribution in [1.82, 2.24) is 0 Å². The van der Waals surface area contributed by atoms with Crippen LogP contribution in [-0.4, -0.2) is 11.8 Å². The minimum absolute atomic E-state index is 0.142. The van der Waals surface area contributed by atoms with Crippen molar-refractivity contribution in [3.05, 3.63) is 58.1 Å². The average molecular weight is 363 g/mol. The Bertz CT molecular complexity index is 790. The van der Waals surface area contributed by atoms with Gasteiger partial charge >= 0.3 is 0 Å². The van der Waals surface area contributed by atoms with Gasteiger partial charge in [-0.1, -0.05) is 40.9 Å². The van der Waals surface area contributed by atoms with Crippen molar-refractivity contribution in [2.24, 2.45) is 11.8 Å². The molecule has 0 aliphatic heterocycles. The molecule has 2 N–H and O–H groups in total. The van der Waals surface area contributed by atoms with Crippen LogP contribution in [-0.2, 0) is 9.59 Å². The van der Waals surface area contributed by atoms with Gasteiger partial charge in [-0.3, -0.25) is 9.59 Å². The van der Waals surface area contributed by atoms with Gasteiger partial charge in [-0.15, -0.1) is 0 Å². The standard InChI is InChI=1S/C18H16Cl2N2O2/c1-10-2-5-12(6-3-10)21-17(23)13-9-14(13)18(24)22-16-8-11(19)4-7-15(16)20/h2-8,13-14H,9H2,1H3,(H,21,23)(H,22,24). The third-order valence-corrected chi connectivity index (χ3v) is 4.53. The fourth-order valence-corrected chi connectivity index (χ4v) is 2.80. The summed E-state index contributed by atoms with van der Waals surface area (Å²) in [5, 5.41) is 6.46. The maximum Gasteiger partial charge on any atom is 0.228 e. The minimum Gasteiger partial charge on any atom is -0.326 e. The quantitative estimate of drug-likeness (QED) is 0.839. The van der Waals surface area contributed by atoms with E-state index in [-0.39, 0.29) is 23.7 Å². The van der Waals surface area contributed by atoms with Crippen LogP contribution in [0.4, 0.5) is 11.4 Å². The zero-order valence-corrected chi connectivity index (χ0v) is 14.5. The smallest absolute Gasteiger partial charge is 0.228 e. The molecule has 3 rings (SSSR count). The second-order valence-electron chi connectivity index (χ2n) is 5.92. The van der Waals surface area contributed by atoms with Gasteiger partial charge in [-0.2, -0.15) is 0 Å². The van der Waals surface area contributed by atoms with Crippen molar-refractivity contribution in [1.29, 1.82) is 0 Å². The zero-order chi connectivity index (χ0) is 17.3. The molecule has 6 heteroatoms. The monoisotopic (exact) mass is 362 g/mol. The Morgan fingerprint density at radius 2 is 1.58 bits per heavy atom. The lowest BCUT2D eigenvalue weighted by Gasteiger charge is -2.08. The number of nitrogens with one attached hydrogen (secondary N) is 2. The first kappa shape index (κ1) is 16.8. The van der Waals surface area contributed by atoms with Gasteiger partial charge in [0.15, 0.2) is 0 Å². The number of rotatable bonds is 4. The second kappa shape index (κ2) is 6.83. The van der Waals surface area contributed by atoms with Crippen LogP contribution in [0.3, 0.4) is 0 Å². The number of hydrogen-bond acceptors (Lipinski definition) is 2. The Labute approximate surface area is 150 Å². The molecule has 2 aromatic rings. The first-order valence-electron chi connectivity index (χ1n) is 7.57. The third kappa shape index (κ3) is 3.89. The molecule has 24 heavy (non-hydrogen) atoms. The molecule has 0 spiro atoms. The number of carbonyl (C=O) groups is 2. The summed E-state index contributed by atoms with van der Waals surface area (Å²) in [5.41, 5.74) is 2.31. The lowest BCUT2D eigenvalue weighted by Crippen LogP contribution is -2.20. The summed E-state index contributed by atoms with van der Waals surface area (Å²) >= 11 is 11.9. The van der Waals surface area contributed by atoms with Gasteiger partial charge in [-0.05, 0) is 43.7 Å². The minimum atomic E-state index is -0.342. The van der Waals surface area contributed by atoms with E-state index in [9.17, 15) is 9.59 Å². The van der Waals surface area contributed by atoms with Crippen LogP contribution in [0.25, 0.3) is 0 Å². The number of aryl methyl sites for hydroxylation is 1. The van der Waals surface area contributed by atoms with E-state index in [1.165, 1.54) is 0 Å². The molecule has 0 saturated heterocycles. The highest BCUT2D eigenvalue weighted by Gasteiger charge is 2.48. The summed E-state index contributed by atoms with van der Waals surface area (Å²) in [6, 6.07) is 12.4. The molecule has 4 nitrogen and oxygen atoms in total. The fourth-order valence-electron chi connectivity index (χ4n) is 2.47. The summed E-state index contributed by atoms with van der Waals surface area (Å²) in [6.45, 7) is 1.98. The second-order valence-corrected chi connectivity index (χ2v) is 6.76. The molecule has 0 heterocycles. The van der Waals surface area contributed by atoms with Crippen LogP contribution in [0, 0.1) is 18.8 Å². The summed E-state index contributed by atoms with van der Waals surface area (Å²) in [5.74, 6) is -1.02. The predicted octanol–water partition coefficient (Wildman–Crippen LogP) is 4.52. The molecular formula is C18H16Cl2N2O2. The van der Waals surface area contributed by atoms with Crippen molar-refractivity contribution in [3.63, 3.8) is 0 Å². The molecule has 0 bridgehead atoms. The van der Waals surface area contributed by atoms with E-state index in [0.717, 1.165) is 11.3 Å². The molecule has 2 unspecified atom stereocenters. The molecule has 2 aromatic carbocycles. The Kier molecular flexibility index (Phi) is 4.78. The molecule has 1 fully saturated rings. The normalized spacial score (nSPS) is 18.8. The number of halogens is 2. The Morgan fingerprint density at radius 1 is 0.958 bits per heavy atom. The predicted molar refractivity (Wildman–Crippen MR) is 96.5 cm³/mol. The summed E-state index contributed by atoms with van der Waals surface area (Å²) < 4.78 is 0. The van der Waals surface area contributed by atoms with Gasteiger partial charge in [0.05, 0.1) is 22.5 Å². The van der Waals surface area contributed by atoms with Crippen LogP contribution in [0.1, 0.15) is 12.0 Å². The fraction of sp³-hybridized carbons (Fsp3) is 0.222. The number of carbonyl (C=O) groups excluding carboxylic acids is 2. The Balaban J connectivity index is 1.58. The highest BCUT2D eigenvalue weighted by atomic mass is 35.5. The van der Waals surface area contributed by atoms with Gasteiger partial charge in [0.25, 0.3) is 0 Å². The third-order valence-electron chi connectivity index (χ3n) is 3.97. The van der Waals surface area contributed by atoms with Crippen molar-refractivity contribution >= 4 is 46.4 Å². The van der Waals surface area contributed by atoms with Crippen LogP contribution in [0.5, 0.6) is 0 Å². The maximum atomic E-state index is 12.3. The maximum absolute atomic E-state index is 12.3. The van der Waals surface area contributed by atoms with Crippen LogP contribution >= 0.6 is 23.2 Å². The van der Waals surface area contributed by atoms with E-state index >= 15 is 0 Å². The topological polar surface area (TPSA) is 58.2 Å². The van der Waals surface area contributed by atoms with Crippen molar-refractivity contribution < 1.29 is 9.59 Å². The molecule has 124 valence electrons. The van der Waals surface area contributed by atoms with E-state index in [1.54, 1.807) is 18.2 Å². The zero-order valence-electron chi connectivity index (χ0n) is 13.0. The first-order valence-corrected chi connectivity index (χ1v) is 8.33. The SMILES string of the molecule is Cc1ccc(NC(=O)C2CC2C(=O)Nc2cc(Cl)ccc2Cl)cc1. The Morgan fingerprint density at radius 3 is 2.25 bits per heavy atom. The lowest BCUT2D eigenvalue weighted by molar-refractivity contribution is -0.122. The Hall–Kier alpha value is -2.04. The summed E-state index contributed by atoms with van der Waals surface area (Å²) in [6.07, 6.45) is 0.529. The number of anilines is 2. The molecule has 2 amide bonds. The molecule has 0 aromatic heterocycles. The van der Waals surface area contributed by atoms with Crippen molar-refractivity contribution in [2.75, 3.05) is 10.6 Å². The summed E-state index contributed by atoms with van der Waals surface area (Å²) in [4.78, 5) is 24.5. The van der Waals surface area contributed by atoms with Crippen LogP contribution in [0.2, 0.25) is 10.0 Å². The van der Waals surface area contributed by atoms with Gasteiger partial charge in [0, 0.05) is 10.7 Å². The van der Waals surface area contributed by atoms with Crippen molar-refractivity contribution in [3.8, 4) is 0 Å². The van der Waals surface area contributed by atoms with E-state index in [2.05, 4.69) is 10.6 Å². The summed E-state index contributed by atoms with van der Waals surface area (Å²) in [7, 11) is 0. The number of amides is 2. The molecule has 0 radical (unpaired) electrons. The molecule has 1 saturated carbocycles. The first-order chi connectivity index (χ1) is 11.4. The lowest BCUT2D eigenvalue weighted by atomic mass is 10.2. The van der Waals surface area contributed by atoms with Gasteiger partial charge in [0.2, 0.25) is 11.8 Å². The van der Waals surface area contributed by atoms with E-state index in [1.807, 2.05) is 31.2 Å². The van der Waals surface area contributed by atoms with E-state index < -0.39 is 0 Å². The van der Waals surface area contributed by atoms with E-state index in [4.69, 9.17) is 23.2 Å². The van der Waals surface area contributed by atoms with Crippen LogP contribution in [0.15, 0.2) is 42.5 Å². The highest BCUT2D eigenvalue weighted by molar-refractivity contribution is 6.35. The average Bonchev–Trinajstić information content (AvgIpc) is 3.34. The van der Waals surface area contributed by atoms with Crippen LogP contribution < -0.4 is 10.6 Å². The number of benzene rings is 2. The molecule has 2 atom stereocenters. The molecular weight excluding hydrogens is 347 g/mol. The number of hydrogen-bond donors (Lipinski definition) is 2. The van der Waals surface area contributed by atoms with Gasteiger partial charge in [0.1, 0.15) is 0 Å². The van der Waals surface area contributed by atoms with E-state index in [0.29, 0.717) is 22.2 Å². The van der Waals surface area contributed by atoms with Gasteiger partial charge in [-0.25, -0.2) is 0 Å². The molecule has 1 aliphatic rings. The van der Waals surface area contributed by atoms with Crippen molar-refractivity contribution in [2.45, 2.75) is 13.3 Å². The highest BCUT2D eigenvalue weighted by Crippen LogP contribution is 2.40. The molecule has 1 aliphatic carbocycles. The van der Waals surface area contributed by atoms with Gasteiger partial charge < -0.3 is 10.6 Å².